The largest absolute Gasteiger partial charge is 0.445 e. The number of hydrogen-bond donors (Lipinski definition) is 4. The van der Waals surface area contributed by atoms with Gasteiger partial charge >= 0.3 is 6.09 Å². The van der Waals surface area contributed by atoms with Crippen LogP contribution in [0.15, 0.2) is 84.9 Å². The standard InChI is InChI=1S/C26H30N4O5S/c27-36(33,34)28-17-8-7-16-24(30-26(32)35-19-20-10-3-1-4-11-20)25(31)29-23-15-9-14-22(18-23)21-12-5-2-6-13-21/h1-6,9-15,18,24,28H,7-8,16-17,19H2,(H,29,31)(H,30,32)(H2,27,33,34)/t24-/m0/s1. The lowest BCUT2D eigenvalue weighted by Crippen LogP contribution is -2.44. The molecule has 0 fully saturated rings. The van der Waals surface area contributed by atoms with Crippen molar-refractivity contribution in [1.82, 2.24) is 10.0 Å². The van der Waals surface area contributed by atoms with Gasteiger partial charge in [-0.1, -0.05) is 72.8 Å². The summed E-state index contributed by atoms with van der Waals surface area (Å²) in [5.41, 5.74) is 3.35. The minimum Gasteiger partial charge on any atom is -0.445 e. The van der Waals surface area contributed by atoms with E-state index in [2.05, 4.69) is 15.4 Å². The van der Waals surface area contributed by atoms with Gasteiger partial charge in [-0.2, -0.15) is 8.42 Å². The Morgan fingerprint density at radius 1 is 0.861 bits per heavy atom. The molecule has 5 N–H and O–H groups in total. The number of nitrogens with two attached hydrogens (primary N) is 1. The van der Waals surface area contributed by atoms with E-state index in [0.717, 1.165) is 16.7 Å². The molecule has 0 aromatic heterocycles. The zero-order valence-corrected chi connectivity index (χ0v) is 20.5. The molecule has 0 heterocycles. The lowest BCUT2D eigenvalue weighted by atomic mass is 10.0. The van der Waals surface area contributed by atoms with Crippen molar-refractivity contribution in [1.29, 1.82) is 0 Å². The van der Waals surface area contributed by atoms with Crippen LogP contribution in [0.4, 0.5) is 10.5 Å². The van der Waals surface area contributed by atoms with Crippen LogP contribution in [-0.2, 0) is 26.3 Å². The third kappa shape index (κ3) is 9.49. The van der Waals surface area contributed by atoms with Crippen LogP contribution in [0.3, 0.4) is 0 Å². The molecule has 9 nitrogen and oxygen atoms in total. The molecule has 190 valence electrons. The van der Waals surface area contributed by atoms with E-state index in [1.165, 1.54) is 0 Å². The third-order valence-corrected chi connectivity index (χ3v) is 5.89. The molecule has 0 spiro atoms. The summed E-state index contributed by atoms with van der Waals surface area (Å²) in [7, 11) is -3.78. The lowest BCUT2D eigenvalue weighted by Gasteiger charge is -2.19. The van der Waals surface area contributed by atoms with Crippen LogP contribution in [0.5, 0.6) is 0 Å². The summed E-state index contributed by atoms with van der Waals surface area (Å²) in [4.78, 5) is 25.5. The maximum Gasteiger partial charge on any atom is 0.408 e. The van der Waals surface area contributed by atoms with Gasteiger partial charge in [-0.15, -0.1) is 0 Å². The molecule has 0 aliphatic heterocycles. The van der Waals surface area contributed by atoms with Gasteiger partial charge in [-0.25, -0.2) is 14.7 Å². The number of benzene rings is 3. The normalized spacial score (nSPS) is 11.9. The topological polar surface area (TPSA) is 140 Å². The quantitative estimate of drug-likeness (QED) is 0.276. The Bertz CT molecular complexity index is 1240. The van der Waals surface area contributed by atoms with Crippen LogP contribution in [0.25, 0.3) is 11.1 Å². The molecule has 10 heteroatoms. The zero-order valence-electron chi connectivity index (χ0n) is 19.7. The predicted octanol–water partition coefficient (Wildman–Crippen LogP) is 3.55. The van der Waals surface area contributed by atoms with Gasteiger partial charge in [-0.05, 0) is 48.1 Å². The SMILES string of the molecule is NS(=O)(=O)NCCCC[C@H](NC(=O)OCc1ccccc1)C(=O)Nc1cccc(-c2ccccc2)c1. The molecule has 3 rings (SSSR count). The molecule has 0 saturated heterocycles. The number of alkyl carbamates (subject to hydrolysis) is 1. The first-order chi connectivity index (χ1) is 17.3. The van der Waals surface area contributed by atoms with Gasteiger partial charge in [0.1, 0.15) is 12.6 Å². The predicted molar refractivity (Wildman–Crippen MR) is 139 cm³/mol. The highest BCUT2D eigenvalue weighted by molar-refractivity contribution is 7.87. The molecule has 0 radical (unpaired) electrons. The second-order valence-electron chi connectivity index (χ2n) is 8.13. The van der Waals surface area contributed by atoms with Crippen molar-refractivity contribution in [2.45, 2.75) is 31.9 Å². The third-order valence-electron chi connectivity index (χ3n) is 5.28. The summed E-state index contributed by atoms with van der Waals surface area (Å²) in [5.74, 6) is -0.406. The highest BCUT2D eigenvalue weighted by Gasteiger charge is 2.22. The summed E-state index contributed by atoms with van der Waals surface area (Å²) in [6.45, 7) is 0.198. The second kappa shape index (κ2) is 13.4. The van der Waals surface area contributed by atoms with Crippen molar-refractivity contribution in [3.63, 3.8) is 0 Å². The summed E-state index contributed by atoms with van der Waals surface area (Å²) >= 11 is 0. The molecular formula is C26H30N4O5S. The Labute approximate surface area is 211 Å². The van der Waals surface area contributed by atoms with Crippen LogP contribution in [0.1, 0.15) is 24.8 Å². The van der Waals surface area contributed by atoms with Crippen molar-refractivity contribution in [2.24, 2.45) is 5.14 Å². The van der Waals surface area contributed by atoms with Crippen LogP contribution in [0, 0.1) is 0 Å². The first-order valence-corrected chi connectivity index (χ1v) is 13.1. The minimum atomic E-state index is -3.78. The number of hydrogen-bond acceptors (Lipinski definition) is 5. The minimum absolute atomic E-state index is 0.0679. The Kier molecular flexibility index (Phi) is 9.99. The van der Waals surface area contributed by atoms with Crippen molar-refractivity contribution >= 4 is 27.9 Å². The molecule has 0 bridgehead atoms. The van der Waals surface area contributed by atoms with Crippen LogP contribution in [-0.4, -0.2) is 33.0 Å². The van der Waals surface area contributed by atoms with E-state index in [1.807, 2.05) is 78.9 Å². The fourth-order valence-corrected chi connectivity index (χ4v) is 3.93. The smallest absolute Gasteiger partial charge is 0.408 e. The van der Waals surface area contributed by atoms with Gasteiger partial charge in [0, 0.05) is 12.2 Å². The molecule has 0 saturated carbocycles. The average molecular weight is 511 g/mol. The second-order valence-corrected chi connectivity index (χ2v) is 9.51. The van der Waals surface area contributed by atoms with Gasteiger partial charge < -0.3 is 15.4 Å². The van der Waals surface area contributed by atoms with Crippen molar-refractivity contribution in [3.05, 3.63) is 90.5 Å². The molecule has 0 unspecified atom stereocenters. The number of unbranched alkanes of at least 4 members (excludes halogenated alkanes) is 1. The molecule has 3 aromatic carbocycles. The van der Waals surface area contributed by atoms with E-state index < -0.39 is 28.3 Å². The van der Waals surface area contributed by atoms with E-state index in [1.54, 1.807) is 6.07 Å². The fourth-order valence-electron chi connectivity index (χ4n) is 3.50. The summed E-state index contributed by atoms with van der Waals surface area (Å²) in [5, 5.41) is 10.4. The number of rotatable bonds is 12. The van der Waals surface area contributed by atoms with E-state index in [0.29, 0.717) is 18.5 Å². The Balaban J connectivity index is 1.62. The van der Waals surface area contributed by atoms with Crippen LogP contribution < -0.4 is 20.5 Å². The maximum absolute atomic E-state index is 13.1. The number of amides is 2. The molecular weight excluding hydrogens is 480 g/mol. The molecule has 0 aliphatic rings. The molecule has 3 aromatic rings. The van der Waals surface area contributed by atoms with Gasteiger partial charge in [0.15, 0.2) is 0 Å². The highest BCUT2D eigenvalue weighted by Crippen LogP contribution is 2.22. The van der Waals surface area contributed by atoms with Crippen molar-refractivity contribution in [2.75, 3.05) is 11.9 Å². The summed E-state index contributed by atoms with van der Waals surface area (Å²) < 4.78 is 29.5. The number of nitrogens with one attached hydrogen (secondary N) is 3. The molecule has 1 atom stereocenters. The zero-order chi connectivity index (χ0) is 25.8. The monoisotopic (exact) mass is 510 g/mol. The van der Waals surface area contributed by atoms with Gasteiger partial charge in [-0.3, -0.25) is 4.79 Å². The Hall–Kier alpha value is -3.73. The number of carbonyl (C=O) groups is 2. The fraction of sp³-hybridized carbons (Fsp3) is 0.231. The number of carbonyl (C=O) groups excluding carboxylic acids is 2. The van der Waals surface area contributed by atoms with Gasteiger partial charge in [0.05, 0.1) is 0 Å². The van der Waals surface area contributed by atoms with Crippen LogP contribution >= 0.6 is 0 Å². The summed E-state index contributed by atoms with van der Waals surface area (Å²) in [6.07, 6.45) is 0.449. The molecule has 0 aliphatic carbocycles. The highest BCUT2D eigenvalue weighted by atomic mass is 32.2. The average Bonchev–Trinajstić information content (AvgIpc) is 2.87. The van der Waals surface area contributed by atoms with E-state index in [-0.39, 0.29) is 19.6 Å². The van der Waals surface area contributed by atoms with Crippen molar-refractivity contribution in [3.8, 4) is 11.1 Å². The van der Waals surface area contributed by atoms with E-state index in [9.17, 15) is 18.0 Å². The maximum atomic E-state index is 13.1. The van der Waals surface area contributed by atoms with E-state index >= 15 is 0 Å². The van der Waals surface area contributed by atoms with Crippen molar-refractivity contribution < 1.29 is 22.7 Å². The van der Waals surface area contributed by atoms with Gasteiger partial charge in [0.2, 0.25) is 5.91 Å². The lowest BCUT2D eigenvalue weighted by molar-refractivity contribution is -0.118. The first kappa shape index (κ1) is 26.9. The number of anilines is 1. The Morgan fingerprint density at radius 3 is 2.22 bits per heavy atom. The van der Waals surface area contributed by atoms with Crippen LogP contribution in [0.2, 0.25) is 0 Å². The Morgan fingerprint density at radius 2 is 1.53 bits per heavy atom. The first-order valence-electron chi connectivity index (χ1n) is 11.5. The molecule has 36 heavy (non-hydrogen) atoms. The molecule has 2 amide bonds. The van der Waals surface area contributed by atoms with Gasteiger partial charge in [0.25, 0.3) is 10.2 Å². The number of ether oxygens (including phenoxy) is 1. The summed E-state index contributed by atoms with van der Waals surface area (Å²) in [6, 6.07) is 25.5. The van der Waals surface area contributed by atoms with E-state index in [4.69, 9.17) is 9.88 Å².